The first-order valence-electron chi connectivity index (χ1n) is 9.62. The quantitative estimate of drug-likeness (QED) is 0.491. The van der Waals surface area contributed by atoms with Crippen molar-refractivity contribution in [2.24, 2.45) is 5.73 Å². The number of amides is 1. The second-order valence-electron chi connectivity index (χ2n) is 7.08. The van der Waals surface area contributed by atoms with E-state index >= 15 is 0 Å². The molecule has 29 heavy (non-hydrogen) atoms. The fraction of sp³-hybridized carbons (Fsp3) is 0.174. The molecule has 5 N–H and O–H groups in total. The van der Waals surface area contributed by atoms with E-state index in [1.165, 1.54) is 29.1 Å². The molecule has 5 rings (SSSR count). The van der Waals surface area contributed by atoms with Gasteiger partial charge >= 0.3 is 0 Å². The van der Waals surface area contributed by atoms with Crippen molar-refractivity contribution in [3.05, 3.63) is 78.1 Å². The number of carbonyl (C=O) groups excluding carboxylic acids is 1. The fourth-order valence-corrected chi connectivity index (χ4v) is 3.83. The van der Waals surface area contributed by atoms with Crippen LogP contribution in [0.2, 0.25) is 0 Å². The molecule has 1 atom stereocenters. The van der Waals surface area contributed by atoms with Crippen LogP contribution in [0.25, 0.3) is 21.7 Å². The van der Waals surface area contributed by atoms with Gasteiger partial charge in [0.25, 0.3) is 5.91 Å². The van der Waals surface area contributed by atoms with Gasteiger partial charge in [-0.3, -0.25) is 4.79 Å². The van der Waals surface area contributed by atoms with Gasteiger partial charge in [-0.2, -0.15) is 0 Å². The molecular formula is C23H23N5O. The lowest BCUT2D eigenvalue weighted by molar-refractivity contribution is 0.100. The van der Waals surface area contributed by atoms with Gasteiger partial charge in [-0.05, 0) is 47.4 Å². The number of nitrogen functional groups attached to an aromatic ring is 1. The van der Waals surface area contributed by atoms with Crippen LogP contribution in [0.3, 0.4) is 0 Å². The molecule has 4 aromatic rings. The summed E-state index contributed by atoms with van der Waals surface area (Å²) in [7, 11) is 0. The molecule has 0 aliphatic carbocycles. The Morgan fingerprint density at radius 2 is 1.72 bits per heavy atom. The molecule has 0 spiro atoms. The Morgan fingerprint density at radius 1 is 0.966 bits per heavy atom. The molecule has 3 aromatic carbocycles. The van der Waals surface area contributed by atoms with E-state index < -0.39 is 5.91 Å². The Labute approximate surface area is 169 Å². The van der Waals surface area contributed by atoms with Crippen LogP contribution in [0.4, 0.5) is 5.82 Å². The largest absolute Gasteiger partial charge is 0.383 e. The van der Waals surface area contributed by atoms with Crippen molar-refractivity contribution in [1.82, 2.24) is 15.3 Å². The van der Waals surface area contributed by atoms with Gasteiger partial charge in [0, 0.05) is 11.9 Å². The second kappa shape index (κ2) is 8.24. The molecule has 1 aliphatic rings. The summed E-state index contributed by atoms with van der Waals surface area (Å²) in [5.41, 5.74) is 13.2. The number of nitrogens with two attached hydrogens (primary N) is 2. The Kier molecular flexibility index (Phi) is 5.35. The number of nitrogens with one attached hydrogen (secondary N) is 1. The third kappa shape index (κ3) is 3.88. The van der Waals surface area contributed by atoms with Gasteiger partial charge in [-0.15, -0.1) is 0 Å². The first kappa shape index (κ1) is 18.8. The number of primary amides is 1. The molecule has 1 saturated heterocycles. The standard InChI is InChI=1S/C14H15N.C9H8N4O/c1-2-6-13-11(4-1)5-3-7-14(13)12-8-9-15-10-12;10-8-5-2-1-3-6(9(11)14)7(5)12-4-13-8/h1-7,12,15H,8-10H2;1-4H,(H2,11,14)(H2,10,12,13). The maximum absolute atomic E-state index is 11.0. The van der Waals surface area contributed by atoms with Crippen molar-refractivity contribution >= 4 is 33.4 Å². The number of hydrogen-bond donors (Lipinski definition) is 3. The van der Waals surface area contributed by atoms with Crippen LogP contribution in [0.1, 0.15) is 28.3 Å². The van der Waals surface area contributed by atoms with Crippen molar-refractivity contribution in [2.75, 3.05) is 18.8 Å². The molecule has 0 saturated carbocycles. The molecule has 0 bridgehead atoms. The van der Waals surface area contributed by atoms with Crippen LogP contribution in [-0.2, 0) is 0 Å². The highest BCUT2D eigenvalue weighted by Gasteiger charge is 2.18. The lowest BCUT2D eigenvalue weighted by Gasteiger charge is -2.12. The molecule has 146 valence electrons. The molecular weight excluding hydrogens is 362 g/mol. The second-order valence-corrected chi connectivity index (χ2v) is 7.08. The van der Waals surface area contributed by atoms with Gasteiger partial charge in [0.2, 0.25) is 0 Å². The fourth-order valence-electron chi connectivity index (χ4n) is 3.83. The van der Waals surface area contributed by atoms with Crippen LogP contribution in [0.5, 0.6) is 0 Å². The Balaban J connectivity index is 0.000000142. The van der Waals surface area contributed by atoms with E-state index in [4.69, 9.17) is 11.5 Å². The number of aromatic nitrogens is 2. The van der Waals surface area contributed by atoms with E-state index in [-0.39, 0.29) is 0 Å². The van der Waals surface area contributed by atoms with E-state index in [0.29, 0.717) is 28.2 Å². The molecule has 6 nitrogen and oxygen atoms in total. The van der Waals surface area contributed by atoms with Gasteiger partial charge in [0.05, 0.1) is 11.1 Å². The first-order chi connectivity index (χ1) is 14.1. The van der Waals surface area contributed by atoms with Gasteiger partial charge in [-0.1, -0.05) is 48.5 Å². The Bertz CT molecular complexity index is 1160. The Morgan fingerprint density at radius 3 is 2.52 bits per heavy atom. The summed E-state index contributed by atoms with van der Waals surface area (Å²) in [5, 5.41) is 6.87. The highest BCUT2D eigenvalue weighted by Crippen LogP contribution is 2.29. The monoisotopic (exact) mass is 385 g/mol. The third-order valence-electron chi connectivity index (χ3n) is 5.28. The summed E-state index contributed by atoms with van der Waals surface area (Å²) in [5.74, 6) is 0.530. The molecule has 0 radical (unpaired) electrons. The van der Waals surface area contributed by atoms with Crippen LogP contribution in [0, 0.1) is 0 Å². The van der Waals surface area contributed by atoms with Gasteiger partial charge in [0.15, 0.2) is 0 Å². The number of anilines is 1. The maximum Gasteiger partial charge on any atom is 0.250 e. The molecule has 1 aliphatic heterocycles. The molecule has 1 aromatic heterocycles. The lowest BCUT2D eigenvalue weighted by atomic mass is 9.93. The summed E-state index contributed by atoms with van der Waals surface area (Å²) < 4.78 is 0. The average molecular weight is 385 g/mol. The minimum atomic E-state index is -0.520. The van der Waals surface area contributed by atoms with Crippen LogP contribution in [0.15, 0.2) is 67.0 Å². The van der Waals surface area contributed by atoms with Gasteiger partial charge in [-0.25, -0.2) is 9.97 Å². The topological polar surface area (TPSA) is 107 Å². The molecule has 2 heterocycles. The number of hydrogen-bond acceptors (Lipinski definition) is 5. The number of benzene rings is 3. The van der Waals surface area contributed by atoms with Gasteiger partial charge < -0.3 is 16.8 Å². The zero-order chi connectivity index (χ0) is 20.2. The van der Waals surface area contributed by atoms with Crippen molar-refractivity contribution in [3.8, 4) is 0 Å². The number of para-hydroxylation sites is 1. The van der Waals surface area contributed by atoms with E-state index in [1.54, 1.807) is 18.2 Å². The van der Waals surface area contributed by atoms with Crippen molar-refractivity contribution < 1.29 is 4.79 Å². The van der Waals surface area contributed by atoms with Crippen molar-refractivity contribution in [2.45, 2.75) is 12.3 Å². The number of rotatable bonds is 2. The minimum absolute atomic E-state index is 0.345. The predicted octanol–water partition coefficient (Wildman–Crippen LogP) is 3.23. The van der Waals surface area contributed by atoms with E-state index in [9.17, 15) is 4.79 Å². The van der Waals surface area contributed by atoms with Crippen molar-refractivity contribution in [1.29, 1.82) is 0 Å². The minimum Gasteiger partial charge on any atom is -0.383 e. The summed E-state index contributed by atoms with van der Waals surface area (Å²) in [6, 6.07) is 20.4. The van der Waals surface area contributed by atoms with E-state index in [2.05, 4.69) is 57.7 Å². The van der Waals surface area contributed by atoms with Crippen LogP contribution in [-0.4, -0.2) is 29.0 Å². The molecule has 1 amide bonds. The highest BCUT2D eigenvalue weighted by molar-refractivity contribution is 6.06. The summed E-state index contributed by atoms with van der Waals surface area (Å²) in [6.45, 7) is 2.29. The smallest absolute Gasteiger partial charge is 0.250 e. The first-order valence-corrected chi connectivity index (χ1v) is 9.62. The number of fused-ring (bicyclic) bond motifs is 2. The van der Waals surface area contributed by atoms with E-state index in [0.717, 1.165) is 13.1 Å². The summed E-state index contributed by atoms with van der Waals surface area (Å²) >= 11 is 0. The Hall–Kier alpha value is -3.51. The van der Waals surface area contributed by atoms with Crippen molar-refractivity contribution in [3.63, 3.8) is 0 Å². The summed E-state index contributed by atoms with van der Waals surface area (Å²) in [6.07, 6.45) is 2.58. The highest BCUT2D eigenvalue weighted by atomic mass is 16.1. The van der Waals surface area contributed by atoms with E-state index in [1.807, 2.05) is 0 Å². The van der Waals surface area contributed by atoms with Crippen LogP contribution >= 0.6 is 0 Å². The number of nitrogens with zero attached hydrogens (tertiary/aromatic N) is 2. The third-order valence-corrected chi connectivity index (χ3v) is 5.28. The average Bonchev–Trinajstić information content (AvgIpc) is 3.28. The summed E-state index contributed by atoms with van der Waals surface area (Å²) in [4.78, 5) is 18.8. The normalized spacial score (nSPS) is 15.8. The molecule has 1 fully saturated rings. The lowest BCUT2D eigenvalue weighted by Crippen LogP contribution is -2.12. The molecule has 1 unspecified atom stereocenters. The van der Waals surface area contributed by atoms with Gasteiger partial charge in [0.1, 0.15) is 12.1 Å². The zero-order valence-electron chi connectivity index (χ0n) is 16.0. The SMILES string of the molecule is NC(=O)c1cccc2c(N)ncnc12.c1ccc2c(C3CCNC3)cccc2c1. The predicted molar refractivity (Wildman–Crippen MR) is 117 cm³/mol. The maximum atomic E-state index is 11.0. The van der Waals surface area contributed by atoms with Crippen LogP contribution < -0.4 is 16.8 Å². The number of carbonyl (C=O) groups is 1. The molecule has 6 heteroatoms. The zero-order valence-corrected chi connectivity index (χ0v) is 16.0.